The Bertz CT molecular complexity index is 731. The Balaban J connectivity index is 2.20. The fourth-order valence-electron chi connectivity index (χ4n) is 2.69. The molecule has 0 radical (unpaired) electrons. The third-order valence-corrected chi connectivity index (χ3v) is 3.64. The molecule has 1 unspecified atom stereocenters. The molecule has 0 saturated carbocycles. The van der Waals surface area contributed by atoms with Crippen LogP contribution < -0.4 is 5.32 Å². The summed E-state index contributed by atoms with van der Waals surface area (Å²) >= 11 is 0. The van der Waals surface area contributed by atoms with Crippen molar-refractivity contribution >= 4 is 10.8 Å². The summed E-state index contributed by atoms with van der Waals surface area (Å²) < 4.78 is 14.1. The summed E-state index contributed by atoms with van der Waals surface area (Å²) in [4.78, 5) is 0. The van der Waals surface area contributed by atoms with Crippen molar-refractivity contribution in [2.45, 2.75) is 6.04 Å². The van der Waals surface area contributed by atoms with E-state index in [2.05, 4.69) is 29.6 Å². The predicted molar refractivity (Wildman–Crippen MR) is 81.3 cm³/mol. The Morgan fingerprint density at radius 2 is 1.45 bits per heavy atom. The fraction of sp³-hybridized carbons (Fsp3) is 0.111. The maximum atomic E-state index is 14.1. The first-order valence-electron chi connectivity index (χ1n) is 6.70. The first kappa shape index (κ1) is 12.8. The van der Waals surface area contributed by atoms with Crippen LogP contribution in [0.15, 0.2) is 66.7 Å². The number of nitrogens with one attached hydrogen (secondary N) is 1. The van der Waals surface area contributed by atoms with Crippen molar-refractivity contribution in [1.82, 2.24) is 5.32 Å². The zero-order valence-electron chi connectivity index (χ0n) is 11.3. The quantitative estimate of drug-likeness (QED) is 0.745. The summed E-state index contributed by atoms with van der Waals surface area (Å²) in [5, 5.41) is 5.55. The van der Waals surface area contributed by atoms with Gasteiger partial charge in [-0.2, -0.15) is 0 Å². The number of rotatable bonds is 3. The maximum Gasteiger partial charge on any atom is 0.128 e. The van der Waals surface area contributed by atoms with Crippen molar-refractivity contribution in [3.8, 4) is 0 Å². The Kier molecular flexibility index (Phi) is 3.48. The Hall–Kier alpha value is -2.19. The number of fused-ring (bicyclic) bond motifs is 1. The molecule has 1 atom stereocenters. The van der Waals surface area contributed by atoms with E-state index in [9.17, 15) is 4.39 Å². The van der Waals surface area contributed by atoms with Crippen LogP contribution in [0.5, 0.6) is 0 Å². The van der Waals surface area contributed by atoms with Gasteiger partial charge < -0.3 is 5.32 Å². The molecule has 100 valence electrons. The number of benzene rings is 3. The molecule has 1 nitrogen and oxygen atoms in total. The molecule has 0 saturated heterocycles. The lowest BCUT2D eigenvalue weighted by atomic mass is 9.93. The van der Waals surface area contributed by atoms with Crippen LogP contribution in [-0.4, -0.2) is 7.05 Å². The van der Waals surface area contributed by atoms with E-state index in [4.69, 9.17) is 0 Å². The molecule has 0 aromatic heterocycles. The van der Waals surface area contributed by atoms with Crippen molar-refractivity contribution in [3.05, 3.63) is 83.7 Å². The lowest BCUT2D eigenvalue weighted by molar-refractivity contribution is 0.577. The second kappa shape index (κ2) is 5.43. The van der Waals surface area contributed by atoms with E-state index in [1.54, 1.807) is 6.07 Å². The Morgan fingerprint density at radius 3 is 2.25 bits per heavy atom. The van der Waals surface area contributed by atoms with E-state index < -0.39 is 0 Å². The van der Waals surface area contributed by atoms with Crippen LogP contribution in [0, 0.1) is 5.82 Å². The van der Waals surface area contributed by atoms with E-state index in [0.717, 1.165) is 10.9 Å². The van der Waals surface area contributed by atoms with Gasteiger partial charge in [-0.1, -0.05) is 60.7 Å². The maximum absolute atomic E-state index is 14.1. The summed E-state index contributed by atoms with van der Waals surface area (Å²) in [5.41, 5.74) is 1.77. The lowest BCUT2D eigenvalue weighted by Gasteiger charge is -2.19. The smallest absolute Gasteiger partial charge is 0.128 e. The van der Waals surface area contributed by atoms with Crippen molar-refractivity contribution in [2.75, 3.05) is 7.05 Å². The molecule has 2 heteroatoms. The molecule has 3 rings (SSSR count). The molecule has 0 spiro atoms. The highest BCUT2D eigenvalue weighted by Crippen LogP contribution is 2.29. The molecular formula is C18H16FN. The van der Waals surface area contributed by atoms with Gasteiger partial charge >= 0.3 is 0 Å². The molecular weight excluding hydrogens is 249 g/mol. The Labute approximate surface area is 118 Å². The van der Waals surface area contributed by atoms with Gasteiger partial charge in [-0.3, -0.25) is 0 Å². The SMILES string of the molecule is CNC(c1ccccc1F)c1cccc2ccccc12. The van der Waals surface area contributed by atoms with Crippen LogP contribution in [0.25, 0.3) is 10.8 Å². The largest absolute Gasteiger partial charge is 0.309 e. The zero-order valence-corrected chi connectivity index (χ0v) is 11.3. The predicted octanol–water partition coefficient (Wildman–Crippen LogP) is 4.29. The molecule has 0 aliphatic rings. The van der Waals surface area contributed by atoms with Crippen molar-refractivity contribution in [2.24, 2.45) is 0 Å². The average Bonchev–Trinajstić information content (AvgIpc) is 2.50. The van der Waals surface area contributed by atoms with Gasteiger partial charge in [0.25, 0.3) is 0 Å². The van der Waals surface area contributed by atoms with Gasteiger partial charge in [0.2, 0.25) is 0 Å². The molecule has 20 heavy (non-hydrogen) atoms. The highest BCUT2D eigenvalue weighted by molar-refractivity contribution is 5.86. The second-order valence-electron chi connectivity index (χ2n) is 4.81. The molecule has 1 N–H and O–H groups in total. The van der Waals surface area contributed by atoms with Gasteiger partial charge in [0.1, 0.15) is 5.82 Å². The van der Waals surface area contributed by atoms with Crippen LogP contribution in [-0.2, 0) is 0 Å². The Morgan fingerprint density at radius 1 is 0.800 bits per heavy atom. The van der Waals surface area contributed by atoms with Crippen molar-refractivity contribution in [3.63, 3.8) is 0 Å². The van der Waals surface area contributed by atoms with Crippen LogP contribution in [0.4, 0.5) is 4.39 Å². The first-order chi connectivity index (χ1) is 9.81. The van der Waals surface area contributed by atoms with E-state index in [-0.39, 0.29) is 11.9 Å². The molecule has 0 aliphatic heterocycles. The van der Waals surface area contributed by atoms with Crippen molar-refractivity contribution < 1.29 is 4.39 Å². The minimum atomic E-state index is -0.181. The monoisotopic (exact) mass is 265 g/mol. The molecule has 3 aromatic rings. The third-order valence-electron chi connectivity index (χ3n) is 3.64. The minimum Gasteiger partial charge on any atom is -0.309 e. The van der Waals surface area contributed by atoms with Gasteiger partial charge in [-0.05, 0) is 29.4 Å². The van der Waals surface area contributed by atoms with Gasteiger partial charge in [-0.15, -0.1) is 0 Å². The van der Waals surface area contributed by atoms with E-state index >= 15 is 0 Å². The van der Waals surface area contributed by atoms with E-state index in [0.29, 0.717) is 5.56 Å². The van der Waals surface area contributed by atoms with Crippen LogP contribution >= 0.6 is 0 Å². The lowest BCUT2D eigenvalue weighted by Crippen LogP contribution is -2.19. The molecule has 0 aliphatic carbocycles. The van der Waals surface area contributed by atoms with Crippen molar-refractivity contribution in [1.29, 1.82) is 0 Å². The summed E-state index contributed by atoms with van der Waals surface area (Å²) in [5.74, 6) is -0.181. The first-order valence-corrected chi connectivity index (χ1v) is 6.70. The summed E-state index contributed by atoms with van der Waals surface area (Å²) in [6, 6.07) is 21.1. The van der Waals surface area contributed by atoms with Gasteiger partial charge in [0, 0.05) is 5.56 Å². The molecule has 3 aromatic carbocycles. The second-order valence-corrected chi connectivity index (χ2v) is 4.81. The number of hydrogen-bond donors (Lipinski definition) is 1. The molecule has 0 amide bonds. The standard InChI is InChI=1S/C18H16FN/c1-20-18(16-10-4-5-12-17(16)19)15-11-6-8-13-7-2-3-9-14(13)15/h2-12,18,20H,1H3. The third kappa shape index (κ3) is 2.19. The zero-order chi connectivity index (χ0) is 13.9. The van der Waals surface area contributed by atoms with Gasteiger partial charge in [0.05, 0.1) is 6.04 Å². The number of hydrogen-bond acceptors (Lipinski definition) is 1. The van der Waals surface area contributed by atoms with Gasteiger partial charge in [0.15, 0.2) is 0 Å². The highest BCUT2D eigenvalue weighted by atomic mass is 19.1. The molecule has 0 fully saturated rings. The number of halogens is 1. The van der Waals surface area contributed by atoms with E-state index in [1.807, 2.05) is 37.4 Å². The molecule has 0 heterocycles. The van der Waals surface area contributed by atoms with Crippen LogP contribution in [0.3, 0.4) is 0 Å². The van der Waals surface area contributed by atoms with E-state index in [1.165, 1.54) is 11.5 Å². The summed E-state index contributed by atoms with van der Waals surface area (Å²) in [6.45, 7) is 0. The van der Waals surface area contributed by atoms with Crippen LogP contribution in [0.2, 0.25) is 0 Å². The van der Waals surface area contributed by atoms with Gasteiger partial charge in [-0.25, -0.2) is 4.39 Å². The highest BCUT2D eigenvalue weighted by Gasteiger charge is 2.17. The molecule has 0 bridgehead atoms. The normalized spacial score (nSPS) is 12.5. The summed E-state index contributed by atoms with van der Waals surface area (Å²) in [7, 11) is 1.86. The minimum absolute atomic E-state index is 0.151. The average molecular weight is 265 g/mol. The topological polar surface area (TPSA) is 12.0 Å². The summed E-state index contributed by atoms with van der Waals surface area (Å²) in [6.07, 6.45) is 0. The van der Waals surface area contributed by atoms with Crippen LogP contribution in [0.1, 0.15) is 17.2 Å². The fourth-order valence-corrected chi connectivity index (χ4v) is 2.69.